The maximum absolute atomic E-state index is 11.4. The maximum Gasteiger partial charge on any atom is 0.257 e. The first kappa shape index (κ1) is 8.80. The number of H-pyrrole nitrogens is 1. The van der Waals surface area contributed by atoms with Gasteiger partial charge in [-0.25, -0.2) is 0 Å². The molecule has 0 aliphatic rings. The summed E-state index contributed by atoms with van der Waals surface area (Å²) in [5.41, 5.74) is 2.22. The highest BCUT2D eigenvalue weighted by molar-refractivity contribution is 5.51. The summed E-state index contributed by atoms with van der Waals surface area (Å²) in [5.74, 6) is -0.0973. The van der Waals surface area contributed by atoms with Crippen molar-refractivity contribution in [2.24, 2.45) is 0 Å². The van der Waals surface area contributed by atoms with Crippen molar-refractivity contribution < 1.29 is 5.11 Å². The fourth-order valence-electron chi connectivity index (χ4n) is 1.37. The molecule has 0 fully saturated rings. The SMILES string of the molecule is Cc1nn2c(O)c(C)c(=O)[nH]c2c1C. The second-order valence-electron chi connectivity index (χ2n) is 3.37. The number of nitrogens with one attached hydrogen (secondary N) is 1. The zero-order valence-electron chi connectivity index (χ0n) is 8.25. The number of aryl methyl sites for hydroxylation is 2. The van der Waals surface area contributed by atoms with Crippen LogP contribution in [-0.4, -0.2) is 19.7 Å². The third-order valence-corrected chi connectivity index (χ3v) is 2.47. The molecule has 0 aromatic carbocycles. The van der Waals surface area contributed by atoms with E-state index >= 15 is 0 Å². The van der Waals surface area contributed by atoms with Gasteiger partial charge in [-0.1, -0.05) is 0 Å². The molecule has 0 amide bonds. The molecule has 0 aliphatic carbocycles. The van der Waals surface area contributed by atoms with Crippen molar-refractivity contribution in [2.45, 2.75) is 20.8 Å². The van der Waals surface area contributed by atoms with Crippen LogP contribution >= 0.6 is 0 Å². The van der Waals surface area contributed by atoms with Crippen molar-refractivity contribution in [3.05, 3.63) is 27.2 Å². The Morgan fingerprint density at radius 1 is 1.29 bits per heavy atom. The van der Waals surface area contributed by atoms with E-state index in [0.717, 1.165) is 11.3 Å². The molecule has 0 saturated heterocycles. The van der Waals surface area contributed by atoms with Crippen LogP contribution in [0.4, 0.5) is 0 Å². The molecule has 0 radical (unpaired) electrons. The van der Waals surface area contributed by atoms with Crippen LogP contribution in [0.1, 0.15) is 16.8 Å². The molecule has 2 aromatic heterocycles. The van der Waals surface area contributed by atoms with E-state index in [1.165, 1.54) is 4.52 Å². The van der Waals surface area contributed by atoms with Crippen LogP contribution in [0, 0.1) is 20.8 Å². The highest BCUT2D eigenvalue weighted by Gasteiger charge is 2.12. The van der Waals surface area contributed by atoms with Crippen molar-refractivity contribution in [2.75, 3.05) is 0 Å². The van der Waals surface area contributed by atoms with E-state index < -0.39 is 0 Å². The van der Waals surface area contributed by atoms with E-state index in [9.17, 15) is 9.90 Å². The molecule has 2 heterocycles. The number of aromatic hydroxyl groups is 1. The molecule has 14 heavy (non-hydrogen) atoms. The number of rotatable bonds is 0. The summed E-state index contributed by atoms with van der Waals surface area (Å²) in [6.07, 6.45) is 0. The smallest absolute Gasteiger partial charge is 0.257 e. The van der Waals surface area contributed by atoms with Gasteiger partial charge in [0.05, 0.1) is 11.3 Å². The van der Waals surface area contributed by atoms with E-state index in [1.54, 1.807) is 6.92 Å². The Morgan fingerprint density at radius 2 is 1.93 bits per heavy atom. The van der Waals surface area contributed by atoms with Gasteiger partial charge in [0.2, 0.25) is 5.88 Å². The van der Waals surface area contributed by atoms with Gasteiger partial charge < -0.3 is 10.1 Å². The highest BCUT2D eigenvalue weighted by Crippen LogP contribution is 2.17. The van der Waals surface area contributed by atoms with E-state index in [4.69, 9.17) is 0 Å². The van der Waals surface area contributed by atoms with E-state index in [1.807, 2.05) is 13.8 Å². The van der Waals surface area contributed by atoms with Gasteiger partial charge in [0, 0.05) is 5.56 Å². The molecule has 0 atom stereocenters. The van der Waals surface area contributed by atoms with Gasteiger partial charge >= 0.3 is 0 Å². The molecule has 0 saturated carbocycles. The summed E-state index contributed by atoms with van der Waals surface area (Å²) in [5, 5.41) is 13.8. The first-order valence-corrected chi connectivity index (χ1v) is 4.30. The zero-order chi connectivity index (χ0) is 10.5. The van der Waals surface area contributed by atoms with Crippen molar-refractivity contribution in [3.63, 3.8) is 0 Å². The minimum Gasteiger partial charge on any atom is -0.493 e. The molecule has 2 aromatic rings. The lowest BCUT2D eigenvalue weighted by Crippen LogP contribution is -2.12. The van der Waals surface area contributed by atoms with Crippen LogP contribution < -0.4 is 5.56 Å². The van der Waals surface area contributed by atoms with Crippen LogP contribution in [-0.2, 0) is 0 Å². The average Bonchev–Trinajstić information content (AvgIpc) is 2.42. The Morgan fingerprint density at radius 3 is 2.57 bits per heavy atom. The van der Waals surface area contributed by atoms with Crippen LogP contribution in [0.25, 0.3) is 5.65 Å². The van der Waals surface area contributed by atoms with Crippen molar-refractivity contribution in [1.29, 1.82) is 0 Å². The van der Waals surface area contributed by atoms with Crippen LogP contribution in [0.2, 0.25) is 0 Å². The van der Waals surface area contributed by atoms with E-state index in [0.29, 0.717) is 5.65 Å². The lowest BCUT2D eigenvalue weighted by molar-refractivity contribution is 0.429. The molecule has 0 unspecified atom stereocenters. The first-order chi connectivity index (χ1) is 6.52. The van der Waals surface area contributed by atoms with Gasteiger partial charge in [-0.15, -0.1) is 0 Å². The number of hydrogen-bond acceptors (Lipinski definition) is 3. The molecule has 0 bridgehead atoms. The summed E-state index contributed by atoms with van der Waals surface area (Å²) in [7, 11) is 0. The zero-order valence-corrected chi connectivity index (χ0v) is 8.25. The Kier molecular flexibility index (Phi) is 1.64. The van der Waals surface area contributed by atoms with Gasteiger partial charge in [-0.2, -0.15) is 9.61 Å². The number of nitrogens with zero attached hydrogens (tertiary/aromatic N) is 2. The average molecular weight is 193 g/mol. The third kappa shape index (κ3) is 0.951. The monoisotopic (exact) mass is 193 g/mol. The van der Waals surface area contributed by atoms with Crippen LogP contribution in [0.3, 0.4) is 0 Å². The predicted octanol–water partition coefficient (Wildman–Crippen LogP) is 0.653. The number of hydrogen-bond donors (Lipinski definition) is 2. The minimum absolute atomic E-state index is 0.0973. The van der Waals surface area contributed by atoms with E-state index in [-0.39, 0.29) is 17.0 Å². The standard InChI is InChI=1S/C9H11N3O2/c1-4-6(3)11-12-7(4)10-8(13)5(2)9(12)14/h14H,1-3H3,(H,10,13). The first-order valence-electron chi connectivity index (χ1n) is 4.30. The summed E-state index contributed by atoms with van der Waals surface area (Å²) in [6.45, 7) is 5.23. The van der Waals surface area contributed by atoms with Crippen LogP contribution in [0.15, 0.2) is 4.79 Å². The molecule has 0 aliphatic heterocycles. The Labute approximate surface area is 80.0 Å². The number of aromatic amines is 1. The molecule has 2 N–H and O–H groups in total. The Hall–Kier alpha value is -1.78. The molecule has 5 heteroatoms. The third-order valence-electron chi connectivity index (χ3n) is 2.47. The normalized spacial score (nSPS) is 11.1. The minimum atomic E-state index is -0.280. The number of fused-ring (bicyclic) bond motifs is 1. The Bertz CT molecular complexity index is 565. The van der Waals surface area contributed by atoms with Gasteiger partial charge in [0.25, 0.3) is 5.56 Å². The van der Waals surface area contributed by atoms with Crippen LogP contribution in [0.5, 0.6) is 5.88 Å². The maximum atomic E-state index is 11.4. The molecular formula is C9H11N3O2. The summed E-state index contributed by atoms with van der Waals surface area (Å²) in [6, 6.07) is 0. The summed E-state index contributed by atoms with van der Waals surface area (Å²) in [4.78, 5) is 14.0. The van der Waals surface area contributed by atoms with Gasteiger partial charge in [-0.3, -0.25) is 4.79 Å². The predicted molar refractivity (Wildman–Crippen MR) is 51.7 cm³/mol. The van der Waals surface area contributed by atoms with E-state index in [2.05, 4.69) is 10.1 Å². The number of aromatic nitrogens is 3. The molecular weight excluding hydrogens is 182 g/mol. The molecule has 2 rings (SSSR count). The lowest BCUT2D eigenvalue weighted by atomic mass is 10.3. The fraction of sp³-hybridized carbons (Fsp3) is 0.333. The lowest BCUT2D eigenvalue weighted by Gasteiger charge is -2.00. The molecule has 5 nitrogen and oxygen atoms in total. The second-order valence-corrected chi connectivity index (χ2v) is 3.37. The molecule has 0 spiro atoms. The quantitative estimate of drug-likeness (QED) is 0.645. The largest absolute Gasteiger partial charge is 0.493 e. The fourth-order valence-corrected chi connectivity index (χ4v) is 1.37. The summed E-state index contributed by atoms with van der Waals surface area (Å²) >= 11 is 0. The van der Waals surface area contributed by atoms with Gasteiger partial charge in [0.1, 0.15) is 5.65 Å². The summed E-state index contributed by atoms with van der Waals surface area (Å²) < 4.78 is 1.35. The topological polar surface area (TPSA) is 70.4 Å². The van der Waals surface area contributed by atoms with Gasteiger partial charge in [-0.05, 0) is 20.8 Å². The van der Waals surface area contributed by atoms with Crippen molar-refractivity contribution in [1.82, 2.24) is 14.6 Å². The highest BCUT2D eigenvalue weighted by atomic mass is 16.3. The van der Waals surface area contributed by atoms with Gasteiger partial charge in [0.15, 0.2) is 0 Å². The van der Waals surface area contributed by atoms with Crippen molar-refractivity contribution in [3.8, 4) is 5.88 Å². The Balaban J connectivity index is 3.05. The molecule has 74 valence electrons. The second kappa shape index (κ2) is 2.60. The van der Waals surface area contributed by atoms with Crippen molar-refractivity contribution >= 4 is 5.65 Å².